The second kappa shape index (κ2) is 7.89. The molecule has 5 nitrogen and oxygen atoms in total. The van der Waals surface area contributed by atoms with Gasteiger partial charge in [-0.15, -0.1) is 0 Å². The summed E-state index contributed by atoms with van der Waals surface area (Å²) in [6, 6.07) is 7.19. The van der Waals surface area contributed by atoms with Gasteiger partial charge in [0, 0.05) is 6.54 Å². The van der Waals surface area contributed by atoms with Crippen LogP contribution in [0.1, 0.15) is 13.8 Å². The van der Waals surface area contributed by atoms with Crippen LogP contribution >= 0.6 is 15.9 Å². The highest BCUT2D eigenvalue weighted by Gasteiger charge is 2.18. The number of nitrogens with zero attached hydrogens (tertiary/aromatic N) is 1. The molecule has 1 amide bonds. The third-order valence-electron chi connectivity index (χ3n) is 2.45. The van der Waals surface area contributed by atoms with Gasteiger partial charge in [-0.05, 0) is 34.0 Å². The highest BCUT2D eigenvalue weighted by Crippen LogP contribution is 2.23. The molecule has 0 unspecified atom stereocenters. The minimum atomic E-state index is -1.03. The Morgan fingerprint density at radius 3 is 2.55 bits per heavy atom. The molecule has 0 aliphatic rings. The van der Waals surface area contributed by atoms with Crippen LogP contribution < -0.4 is 4.74 Å². The van der Waals surface area contributed by atoms with Crippen LogP contribution in [-0.4, -0.2) is 41.6 Å². The number of carbonyl (C=O) groups excluding carboxylic acids is 1. The van der Waals surface area contributed by atoms with Crippen molar-refractivity contribution in [2.75, 3.05) is 19.7 Å². The van der Waals surface area contributed by atoms with Gasteiger partial charge in [0.2, 0.25) is 0 Å². The summed E-state index contributed by atoms with van der Waals surface area (Å²) in [7, 11) is 0. The van der Waals surface area contributed by atoms with Gasteiger partial charge in [-0.25, -0.2) is 0 Å². The van der Waals surface area contributed by atoms with E-state index in [0.717, 1.165) is 4.47 Å². The molecule has 1 rings (SSSR count). The SMILES string of the molecule is CC(C)CN(CC(=O)O)C(=O)COc1ccccc1Br. The standard InChI is InChI=1S/C14H18BrNO4/c1-10(2)7-16(8-14(18)19)13(17)9-20-12-6-4-3-5-11(12)15/h3-6,10H,7-9H2,1-2H3,(H,18,19). The number of ether oxygens (including phenoxy) is 1. The van der Waals surface area contributed by atoms with Crippen molar-refractivity contribution in [3.8, 4) is 5.75 Å². The number of rotatable bonds is 7. The molecule has 0 saturated carbocycles. The van der Waals surface area contributed by atoms with E-state index in [1.165, 1.54) is 4.90 Å². The summed E-state index contributed by atoms with van der Waals surface area (Å²) in [5.41, 5.74) is 0. The summed E-state index contributed by atoms with van der Waals surface area (Å²) < 4.78 is 6.16. The van der Waals surface area contributed by atoms with Crippen molar-refractivity contribution in [3.05, 3.63) is 28.7 Å². The Morgan fingerprint density at radius 2 is 2.00 bits per heavy atom. The Balaban J connectivity index is 2.62. The molecule has 0 fully saturated rings. The van der Waals surface area contributed by atoms with Gasteiger partial charge in [0.1, 0.15) is 12.3 Å². The van der Waals surface area contributed by atoms with Crippen molar-refractivity contribution >= 4 is 27.8 Å². The maximum Gasteiger partial charge on any atom is 0.323 e. The smallest absolute Gasteiger partial charge is 0.323 e. The molecule has 1 aromatic carbocycles. The Labute approximate surface area is 126 Å². The fraction of sp³-hybridized carbons (Fsp3) is 0.429. The summed E-state index contributed by atoms with van der Waals surface area (Å²) in [4.78, 5) is 24.1. The lowest BCUT2D eigenvalue weighted by molar-refractivity contribution is -0.145. The van der Waals surface area contributed by atoms with E-state index in [2.05, 4.69) is 15.9 Å². The highest BCUT2D eigenvalue weighted by atomic mass is 79.9. The molecule has 0 heterocycles. The Morgan fingerprint density at radius 1 is 1.35 bits per heavy atom. The Kier molecular flexibility index (Phi) is 6.51. The number of aliphatic carboxylic acids is 1. The molecule has 0 radical (unpaired) electrons. The number of hydrogen-bond acceptors (Lipinski definition) is 3. The molecular formula is C14H18BrNO4. The number of para-hydroxylation sites is 1. The number of halogens is 1. The zero-order valence-electron chi connectivity index (χ0n) is 11.5. The first-order valence-electron chi connectivity index (χ1n) is 6.27. The molecule has 6 heteroatoms. The predicted molar refractivity (Wildman–Crippen MR) is 78.7 cm³/mol. The molecule has 1 N–H and O–H groups in total. The van der Waals surface area contributed by atoms with E-state index in [1.54, 1.807) is 12.1 Å². The predicted octanol–water partition coefficient (Wildman–Crippen LogP) is 2.40. The molecular weight excluding hydrogens is 326 g/mol. The van der Waals surface area contributed by atoms with Crippen LogP contribution in [0.15, 0.2) is 28.7 Å². The fourth-order valence-electron chi connectivity index (χ4n) is 1.65. The quantitative estimate of drug-likeness (QED) is 0.825. The molecule has 0 aliphatic carbocycles. The van der Waals surface area contributed by atoms with E-state index >= 15 is 0 Å². The Bertz CT molecular complexity index is 476. The van der Waals surface area contributed by atoms with Gasteiger partial charge in [-0.2, -0.15) is 0 Å². The van der Waals surface area contributed by atoms with Crippen LogP contribution in [0.2, 0.25) is 0 Å². The second-order valence-electron chi connectivity index (χ2n) is 4.78. The van der Waals surface area contributed by atoms with Gasteiger partial charge in [-0.3, -0.25) is 9.59 Å². The van der Waals surface area contributed by atoms with Crippen molar-refractivity contribution in [3.63, 3.8) is 0 Å². The van der Waals surface area contributed by atoms with Crippen LogP contribution in [-0.2, 0) is 9.59 Å². The summed E-state index contributed by atoms with van der Waals surface area (Å²) in [5, 5.41) is 8.83. The Hall–Kier alpha value is -1.56. The zero-order valence-corrected chi connectivity index (χ0v) is 13.1. The number of carboxylic acids is 1. The minimum absolute atomic E-state index is 0.178. The number of carbonyl (C=O) groups is 2. The van der Waals surface area contributed by atoms with Crippen molar-refractivity contribution in [1.29, 1.82) is 0 Å². The maximum atomic E-state index is 12.0. The first kappa shape index (κ1) is 16.5. The number of benzene rings is 1. The molecule has 0 saturated heterocycles. The second-order valence-corrected chi connectivity index (χ2v) is 5.64. The van der Waals surface area contributed by atoms with Crippen LogP contribution in [0.5, 0.6) is 5.75 Å². The lowest BCUT2D eigenvalue weighted by atomic mass is 10.2. The van der Waals surface area contributed by atoms with Crippen molar-refractivity contribution < 1.29 is 19.4 Å². The van der Waals surface area contributed by atoms with Gasteiger partial charge >= 0.3 is 5.97 Å². The molecule has 110 valence electrons. The molecule has 0 spiro atoms. The van der Waals surface area contributed by atoms with Crippen LogP contribution in [0.3, 0.4) is 0 Å². The minimum Gasteiger partial charge on any atom is -0.483 e. The van der Waals surface area contributed by atoms with Crippen molar-refractivity contribution in [1.82, 2.24) is 4.90 Å². The van der Waals surface area contributed by atoms with E-state index in [0.29, 0.717) is 12.3 Å². The van der Waals surface area contributed by atoms with Crippen LogP contribution in [0, 0.1) is 5.92 Å². The lowest BCUT2D eigenvalue weighted by Crippen LogP contribution is -2.40. The first-order chi connectivity index (χ1) is 9.40. The average Bonchev–Trinajstić information content (AvgIpc) is 2.35. The molecule has 20 heavy (non-hydrogen) atoms. The largest absolute Gasteiger partial charge is 0.483 e. The van der Waals surface area contributed by atoms with Gasteiger partial charge in [0.15, 0.2) is 6.61 Å². The summed E-state index contributed by atoms with van der Waals surface area (Å²) in [6.45, 7) is 3.76. The number of hydrogen-bond donors (Lipinski definition) is 1. The van der Waals surface area contributed by atoms with Gasteiger partial charge in [-0.1, -0.05) is 26.0 Å². The van der Waals surface area contributed by atoms with E-state index in [1.807, 2.05) is 26.0 Å². The molecule has 0 aromatic heterocycles. The molecule has 1 aromatic rings. The number of carboxylic acid groups (broad SMARTS) is 1. The third kappa shape index (κ3) is 5.61. The van der Waals surface area contributed by atoms with Gasteiger partial charge in [0.25, 0.3) is 5.91 Å². The molecule has 0 aliphatic heterocycles. The third-order valence-corrected chi connectivity index (χ3v) is 3.11. The van der Waals surface area contributed by atoms with E-state index in [9.17, 15) is 9.59 Å². The summed E-state index contributed by atoms with van der Waals surface area (Å²) in [5.74, 6) is -0.612. The van der Waals surface area contributed by atoms with E-state index in [4.69, 9.17) is 9.84 Å². The molecule has 0 bridgehead atoms. The highest BCUT2D eigenvalue weighted by molar-refractivity contribution is 9.10. The zero-order chi connectivity index (χ0) is 15.1. The molecule has 0 atom stereocenters. The fourth-order valence-corrected chi connectivity index (χ4v) is 2.05. The van der Waals surface area contributed by atoms with E-state index < -0.39 is 5.97 Å². The topological polar surface area (TPSA) is 66.8 Å². The van der Waals surface area contributed by atoms with Crippen molar-refractivity contribution in [2.45, 2.75) is 13.8 Å². The van der Waals surface area contributed by atoms with Crippen LogP contribution in [0.25, 0.3) is 0 Å². The summed E-state index contributed by atoms with van der Waals surface area (Å²) >= 11 is 3.32. The number of amides is 1. The van der Waals surface area contributed by atoms with Crippen LogP contribution in [0.4, 0.5) is 0 Å². The lowest BCUT2D eigenvalue weighted by Gasteiger charge is -2.22. The monoisotopic (exact) mass is 343 g/mol. The van der Waals surface area contributed by atoms with E-state index in [-0.39, 0.29) is 25.0 Å². The van der Waals surface area contributed by atoms with Gasteiger partial charge < -0.3 is 14.7 Å². The average molecular weight is 344 g/mol. The summed E-state index contributed by atoms with van der Waals surface area (Å²) in [6.07, 6.45) is 0. The van der Waals surface area contributed by atoms with Gasteiger partial charge in [0.05, 0.1) is 4.47 Å². The normalized spacial score (nSPS) is 10.4. The maximum absolute atomic E-state index is 12.0. The van der Waals surface area contributed by atoms with Crippen molar-refractivity contribution in [2.24, 2.45) is 5.92 Å². The first-order valence-corrected chi connectivity index (χ1v) is 7.06.